The van der Waals surface area contributed by atoms with Crippen LogP contribution in [0.4, 0.5) is 0 Å². The minimum atomic E-state index is 0.730. The molecule has 0 fully saturated rings. The molecule has 2 nitrogen and oxygen atoms in total. The number of nitrogens with zero attached hydrogens (tertiary/aromatic N) is 2. The molecule has 108 valence electrons. The van der Waals surface area contributed by atoms with Crippen LogP contribution in [0.25, 0.3) is 11.6 Å². The maximum atomic E-state index is 9.56. The van der Waals surface area contributed by atoms with Crippen molar-refractivity contribution < 1.29 is 0 Å². The Balaban J connectivity index is 2.46. The van der Waals surface area contributed by atoms with Gasteiger partial charge >= 0.3 is 0 Å². The zero-order valence-corrected chi connectivity index (χ0v) is 13.1. The summed E-state index contributed by atoms with van der Waals surface area (Å²) in [5, 5.41) is 9.56. The van der Waals surface area contributed by atoms with E-state index in [0.717, 1.165) is 36.2 Å². The third-order valence-corrected chi connectivity index (χ3v) is 3.86. The van der Waals surface area contributed by atoms with E-state index in [2.05, 4.69) is 37.5 Å². The van der Waals surface area contributed by atoms with E-state index in [4.69, 9.17) is 0 Å². The Kier molecular flexibility index (Phi) is 5.00. The van der Waals surface area contributed by atoms with Crippen LogP contribution in [0, 0.1) is 25.2 Å². The first-order valence-electron chi connectivity index (χ1n) is 7.51. The maximum absolute atomic E-state index is 9.56. The van der Waals surface area contributed by atoms with Crippen LogP contribution in [0.2, 0.25) is 0 Å². The highest BCUT2D eigenvalue weighted by atomic mass is 15.0. The average molecular weight is 278 g/mol. The minimum absolute atomic E-state index is 0.730. The van der Waals surface area contributed by atoms with Gasteiger partial charge in [0.2, 0.25) is 0 Å². The monoisotopic (exact) mass is 278 g/mol. The number of allylic oxidation sites excluding steroid dienone is 1. The standard InChI is InChI=1S/C19H22N2/c1-4-5-11-21-16(3)15(2)12-19(21)18(14-20)13-17-9-7-6-8-10-17/h6-10,12-13H,4-5,11H2,1-3H3. The second kappa shape index (κ2) is 6.95. The summed E-state index contributed by atoms with van der Waals surface area (Å²) in [5.41, 5.74) is 5.33. The molecule has 0 saturated heterocycles. The lowest BCUT2D eigenvalue weighted by Crippen LogP contribution is -2.04. The Morgan fingerprint density at radius 1 is 1.24 bits per heavy atom. The molecule has 0 atom stereocenters. The van der Waals surface area contributed by atoms with Gasteiger partial charge in [0, 0.05) is 12.2 Å². The summed E-state index contributed by atoms with van der Waals surface area (Å²) in [6.45, 7) is 7.40. The number of hydrogen-bond donors (Lipinski definition) is 0. The fourth-order valence-corrected chi connectivity index (χ4v) is 2.49. The van der Waals surface area contributed by atoms with Crippen molar-refractivity contribution in [3.05, 3.63) is 58.9 Å². The van der Waals surface area contributed by atoms with E-state index in [0.29, 0.717) is 0 Å². The van der Waals surface area contributed by atoms with Crippen molar-refractivity contribution in [3.8, 4) is 6.07 Å². The van der Waals surface area contributed by atoms with E-state index < -0.39 is 0 Å². The highest BCUT2D eigenvalue weighted by Crippen LogP contribution is 2.24. The number of benzene rings is 1. The lowest BCUT2D eigenvalue weighted by Gasteiger charge is -2.10. The Labute approximate surface area is 127 Å². The topological polar surface area (TPSA) is 28.7 Å². The van der Waals surface area contributed by atoms with E-state index in [1.54, 1.807) is 0 Å². The van der Waals surface area contributed by atoms with Crippen molar-refractivity contribution in [2.45, 2.75) is 40.2 Å². The van der Waals surface area contributed by atoms with E-state index in [-0.39, 0.29) is 0 Å². The summed E-state index contributed by atoms with van der Waals surface area (Å²) in [6.07, 6.45) is 4.25. The number of aryl methyl sites for hydroxylation is 1. The molecule has 0 N–H and O–H groups in total. The molecule has 0 spiro atoms. The molecule has 2 rings (SSSR count). The molecule has 0 aliphatic rings. The minimum Gasteiger partial charge on any atom is -0.344 e. The van der Waals surface area contributed by atoms with Gasteiger partial charge in [0.15, 0.2) is 0 Å². The van der Waals surface area contributed by atoms with Crippen LogP contribution >= 0.6 is 0 Å². The van der Waals surface area contributed by atoms with Crippen molar-refractivity contribution in [1.82, 2.24) is 4.57 Å². The summed E-state index contributed by atoms with van der Waals surface area (Å²) in [6, 6.07) is 14.5. The highest BCUT2D eigenvalue weighted by Gasteiger charge is 2.12. The van der Waals surface area contributed by atoms with Crippen molar-refractivity contribution in [2.75, 3.05) is 0 Å². The van der Waals surface area contributed by atoms with Crippen molar-refractivity contribution in [2.24, 2.45) is 0 Å². The fourth-order valence-electron chi connectivity index (χ4n) is 2.49. The van der Waals surface area contributed by atoms with E-state index in [1.165, 1.54) is 11.3 Å². The van der Waals surface area contributed by atoms with Crippen LogP contribution in [0.3, 0.4) is 0 Å². The summed E-state index contributed by atoms with van der Waals surface area (Å²) in [5.74, 6) is 0. The molecular formula is C19H22N2. The smallest absolute Gasteiger partial charge is 0.101 e. The Morgan fingerprint density at radius 3 is 2.57 bits per heavy atom. The van der Waals surface area contributed by atoms with E-state index in [9.17, 15) is 5.26 Å². The number of aromatic nitrogens is 1. The first-order chi connectivity index (χ1) is 10.2. The first kappa shape index (κ1) is 15.1. The second-order valence-corrected chi connectivity index (χ2v) is 5.38. The molecule has 0 bridgehead atoms. The van der Waals surface area contributed by atoms with Crippen LogP contribution in [0.5, 0.6) is 0 Å². The van der Waals surface area contributed by atoms with E-state index in [1.807, 2.05) is 36.4 Å². The van der Waals surface area contributed by atoms with Crippen molar-refractivity contribution in [1.29, 1.82) is 5.26 Å². The summed E-state index contributed by atoms with van der Waals surface area (Å²) in [4.78, 5) is 0. The van der Waals surface area contributed by atoms with Crippen LogP contribution < -0.4 is 0 Å². The number of nitriles is 1. The molecule has 1 aromatic heterocycles. The van der Waals surface area contributed by atoms with Gasteiger partial charge in [-0.1, -0.05) is 43.7 Å². The van der Waals surface area contributed by atoms with Gasteiger partial charge in [-0.2, -0.15) is 5.26 Å². The SMILES string of the molecule is CCCCn1c(C(C#N)=Cc2ccccc2)cc(C)c1C. The van der Waals surface area contributed by atoms with Crippen molar-refractivity contribution >= 4 is 11.6 Å². The molecule has 21 heavy (non-hydrogen) atoms. The lowest BCUT2D eigenvalue weighted by atomic mass is 10.1. The molecule has 0 amide bonds. The van der Waals surface area contributed by atoms with Gasteiger partial charge < -0.3 is 4.57 Å². The third-order valence-electron chi connectivity index (χ3n) is 3.86. The Hall–Kier alpha value is -2.27. The third kappa shape index (κ3) is 3.44. The number of hydrogen-bond acceptors (Lipinski definition) is 1. The molecule has 1 aromatic carbocycles. The van der Waals surface area contributed by atoms with Gasteiger partial charge in [-0.05, 0) is 43.5 Å². The molecule has 2 aromatic rings. The quantitative estimate of drug-likeness (QED) is 0.710. The van der Waals surface area contributed by atoms with Crippen LogP contribution in [0.15, 0.2) is 36.4 Å². The zero-order chi connectivity index (χ0) is 15.2. The van der Waals surface area contributed by atoms with Gasteiger partial charge in [0.1, 0.15) is 6.07 Å². The number of unbranched alkanes of at least 4 members (excludes halogenated alkanes) is 1. The predicted octanol–water partition coefficient (Wildman–Crippen LogP) is 4.97. The Bertz CT molecular complexity index is 670. The molecule has 2 heteroatoms. The predicted molar refractivity (Wildman–Crippen MR) is 88.7 cm³/mol. The molecule has 0 saturated carbocycles. The molecule has 0 aliphatic carbocycles. The van der Waals surface area contributed by atoms with Crippen molar-refractivity contribution in [3.63, 3.8) is 0 Å². The van der Waals surface area contributed by atoms with Gasteiger partial charge in [0.25, 0.3) is 0 Å². The highest BCUT2D eigenvalue weighted by molar-refractivity contribution is 5.88. The van der Waals surface area contributed by atoms with Gasteiger partial charge in [-0.25, -0.2) is 0 Å². The number of rotatable bonds is 5. The molecular weight excluding hydrogens is 256 g/mol. The molecule has 0 unspecified atom stereocenters. The van der Waals surface area contributed by atoms with E-state index >= 15 is 0 Å². The zero-order valence-electron chi connectivity index (χ0n) is 13.1. The normalized spacial score (nSPS) is 11.4. The maximum Gasteiger partial charge on any atom is 0.101 e. The molecule has 1 heterocycles. The van der Waals surface area contributed by atoms with Crippen LogP contribution in [-0.4, -0.2) is 4.57 Å². The fraction of sp³-hybridized carbons (Fsp3) is 0.316. The average Bonchev–Trinajstić information content (AvgIpc) is 2.79. The Morgan fingerprint density at radius 2 is 1.95 bits per heavy atom. The second-order valence-electron chi connectivity index (χ2n) is 5.38. The molecule has 0 radical (unpaired) electrons. The summed E-state index contributed by atoms with van der Waals surface area (Å²) < 4.78 is 2.27. The van der Waals surface area contributed by atoms with Crippen LogP contribution in [0.1, 0.15) is 42.3 Å². The lowest BCUT2D eigenvalue weighted by molar-refractivity contribution is 0.616. The van der Waals surface area contributed by atoms with Crippen LogP contribution in [-0.2, 0) is 6.54 Å². The van der Waals surface area contributed by atoms with Gasteiger partial charge in [-0.3, -0.25) is 0 Å². The van der Waals surface area contributed by atoms with Gasteiger partial charge in [-0.15, -0.1) is 0 Å². The summed E-state index contributed by atoms with van der Waals surface area (Å²) >= 11 is 0. The van der Waals surface area contributed by atoms with Gasteiger partial charge in [0.05, 0.1) is 11.3 Å². The first-order valence-corrected chi connectivity index (χ1v) is 7.51. The largest absolute Gasteiger partial charge is 0.344 e. The molecule has 0 aliphatic heterocycles. The summed E-state index contributed by atoms with van der Waals surface area (Å²) in [7, 11) is 0.